The summed E-state index contributed by atoms with van der Waals surface area (Å²) in [5, 5.41) is 2.75. The maximum Gasteiger partial charge on any atom is 0.417 e. The topological polar surface area (TPSA) is 111 Å². The first-order chi connectivity index (χ1) is 15.9. The van der Waals surface area contributed by atoms with Gasteiger partial charge in [-0.05, 0) is 12.1 Å². The first-order valence-electron chi connectivity index (χ1n) is 9.86. The Labute approximate surface area is 190 Å². The molecule has 0 saturated heterocycles. The number of benzene rings is 1. The number of ketones is 1. The average Bonchev–Trinajstić information content (AvgIpc) is 2.77. The molecule has 34 heavy (non-hydrogen) atoms. The van der Waals surface area contributed by atoms with E-state index in [4.69, 9.17) is 5.73 Å². The predicted molar refractivity (Wildman–Crippen MR) is 111 cm³/mol. The second-order valence-corrected chi connectivity index (χ2v) is 7.44. The number of alkyl halides is 3. The Morgan fingerprint density at radius 3 is 2.47 bits per heavy atom. The molecule has 0 aliphatic heterocycles. The molecule has 3 rings (SSSR count). The van der Waals surface area contributed by atoms with Gasteiger partial charge in [0.2, 0.25) is 5.91 Å². The lowest BCUT2D eigenvalue weighted by Gasteiger charge is -2.12. The van der Waals surface area contributed by atoms with Gasteiger partial charge in [-0.25, -0.2) is 18.7 Å². The summed E-state index contributed by atoms with van der Waals surface area (Å²) in [5.74, 6) is -3.99. The van der Waals surface area contributed by atoms with Gasteiger partial charge < -0.3 is 11.1 Å². The molecular weight excluding hydrogens is 461 g/mol. The molecule has 0 saturated carbocycles. The number of amides is 1. The third kappa shape index (κ3) is 6.09. The van der Waals surface area contributed by atoms with E-state index in [1.807, 2.05) is 0 Å². The number of nitrogens with one attached hydrogen (secondary N) is 1. The Morgan fingerprint density at radius 1 is 1.09 bits per heavy atom. The molecule has 2 aromatic heterocycles. The number of carbonyl (C=O) groups excluding carboxylic acids is 2. The summed E-state index contributed by atoms with van der Waals surface area (Å²) in [4.78, 5) is 35.7. The molecule has 0 aliphatic carbocycles. The van der Waals surface area contributed by atoms with Crippen molar-refractivity contribution in [3.8, 4) is 11.4 Å². The minimum atomic E-state index is -4.67. The maximum absolute atomic E-state index is 14.0. The zero-order valence-corrected chi connectivity index (χ0v) is 17.7. The Kier molecular flexibility index (Phi) is 7.18. The molecule has 7 nitrogen and oxygen atoms in total. The molecule has 1 amide bonds. The molecule has 3 N–H and O–H groups in total. The van der Waals surface area contributed by atoms with E-state index >= 15 is 0 Å². The summed E-state index contributed by atoms with van der Waals surface area (Å²) in [6.07, 6.45) is -3.25. The van der Waals surface area contributed by atoms with Crippen LogP contribution in [0.15, 0.2) is 42.7 Å². The zero-order valence-electron chi connectivity index (χ0n) is 17.7. The standard InChI is InChI=1S/C22H18F5N5O2/c1-11(20(28)34)4-18(33)17-7-19(30-9-12-2-3-15(23)6-16(12)24)32-21(31-17)13-5-14(10-29-8-13)22(25,26)27/h2-3,5-8,10-11H,4,9H2,1H3,(H2,28,34)(H,30,31,32). The van der Waals surface area contributed by atoms with Crippen molar-refractivity contribution in [3.63, 3.8) is 0 Å². The van der Waals surface area contributed by atoms with Gasteiger partial charge in [0.15, 0.2) is 11.6 Å². The quantitative estimate of drug-likeness (QED) is 0.371. The van der Waals surface area contributed by atoms with E-state index in [1.54, 1.807) is 0 Å². The number of halogens is 5. The van der Waals surface area contributed by atoms with E-state index in [9.17, 15) is 31.5 Å². The molecule has 0 aliphatic rings. The molecule has 0 bridgehead atoms. The number of primary amides is 1. The van der Waals surface area contributed by atoms with Crippen molar-refractivity contribution in [2.75, 3.05) is 5.32 Å². The first kappa shape index (κ1) is 24.7. The fraction of sp³-hybridized carbons (Fsp3) is 0.227. The number of rotatable bonds is 8. The molecule has 178 valence electrons. The van der Waals surface area contributed by atoms with Crippen molar-refractivity contribution in [1.82, 2.24) is 15.0 Å². The minimum absolute atomic E-state index is 0.0128. The fourth-order valence-electron chi connectivity index (χ4n) is 2.86. The molecular formula is C22H18F5N5O2. The van der Waals surface area contributed by atoms with Crippen LogP contribution in [-0.4, -0.2) is 26.6 Å². The molecule has 3 aromatic rings. The van der Waals surface area contributed by atoms with Crippen molar-refractivity contribution in [1.29, 1.82) is 0 Å². The summed E-state index contributed by atoms with van der Waals surface area (Å²) in [6.45, 7) is 1.27. The van der Waals surface area contributed by atoms with E-state index in [0.29, 0.717) is 12.3 Å². The summed E-state index contributed by atoms with van der Waals surface area (Å²) >= 11 is 0. The molecule has 2 heterocycles. The lowest BCUT2D eigenvalue weighted by molar-refractivity contribution is -0.137. The van der Waals surface area contributed by atoms with Gasteiger partial charge in [-0.3, -0.25) is 14.6 Å². The smallest absolute Gasteiger partial charge is 0.369 e. The van der Waals surface area contributed by atoms with Gasteiger partial charge in [0.05, 0.1) is 5.56 Å². The number of nitrogens with two attached hydrogens (primary N) is 1. The Bertz CT molecular complexity index is 1230. The summed E-state index contributed by atoms with van der Waals surface area (Å²) in [6, 6.07) is 4.93. The lowest BCUT2D eigenvalue weighted by atomic mass is 10.0. The van der Waals surface area contributed by atoms with Crippen LogP contribution in [-0.2, 0) is 17.5 Å². The largest absolute Gasteiger partial charge is 0.417 e. The van der Waals surface area contributed by atoms with Crippen LogP contribution in [0.25, 0.3) is 11.4 Å². The van der Waals surface area contributed by atoms with Gasteiger partial charge in [0.25, 0.3) is 0 Å². The molecule has 1 unspecified atom stereocenters. The molecule has 0 spiro atoms. The Hall–Kier alpha value is -3.96. The SMILES string of the molecule is CC(CC(=O)c1cc(NCc2ccc(F)cc2F)nc(-c2cncc(C(F)(F)F)c2)n1)C(N)=O. The summed E-state index contributed by atoms with van der Waals surface area (Å²) in [5.41, 5.74) is 3.91. The highest BCUT2D eigenvalue weighted by Gasteiger charge is 2.31. The van der Waals surface area contributed by atoms with E-state index in [0.717, 1.165) is 18.3 Å². The number of hydrogen-bond acceptors (Lipinski definition) is 6. The Morgan fingerprint density at radius 2 is 1.82 bits per heavy atom. The molecule has 0 radical (unpaired) electrons. The first-order valence-corrected chi connectivity index (χ1v) is 9.86. The van der Waals surface area contributed by atoms with Gasteiger partial charge in [-0.15, -0.1) is 0 Å². The van der Waals surface area contributed by atoms with Crippen molar-refractivity contribution < 1.29 is 31.5 Å². The molecule has 0 fully saturated rings. The fourth-order valence-corrected chi connectivity index (χ4v) is 2.86. The lowest BCUT2D eigenvalue weighted by Crippen LogP contribution is -2.23. The number of hydrogen-bond donors (Lipinski definition) is 2. The van der Waals surface area contributed by atoms with E-state index in [-0.39, 0.29) is 41.4 Å². The second-order valence-electron chi connectivity index (χ2n) is 7.44. The van der Waals surface area contributed by atoms with Crippen molar-refractivity contribution >= 4 is 17.5 Å². The Balaban J connectivity index is 1.99. The van der Waals surface area contributed by atoms with Crippen molar-refractivity contribution in [2.45, 2.75) is 26.1 Å². The number of anilines is 1. The van der Waals surface area contributed by atoms with Gasteiger partial charge >= 0.3 is 6.18 Å². The maximum atomic E-state index is 14.0. The second kappa shape index (κ2) is 9.89. The number of nitrogens with zero attached hydrogens (tertiary/aromatic N) is 3. The van der Waals surface area contributed by atoms with Gasteiger partial charge in [-0.2, -0.15) is 13.2 Å². The van der Waals surface area contributed by atoms with Crippen LogP contribution in [0.3, 0.4) is 0 Å². The van der Waals surface area contributed by atoms with Crippen LogP contribution >= 0.6 is 0 Å². The number of Topliss-reactive ketones (excluding diaryl/α,β-unsaturated/α-hetero) is 1. The number of carbonyl (C=O) groups is 2. The van der Waals surface area contributed by atoms with Crippen LogP contribution < -0.4 is 11.1 Å². The van der Waals surface area contributed by atoms with E-state index in [2.05, 4.69) is 20.3 Å². The predicted octanol–water partition coefficient (Wildman–Crippen LogP) is 4.14. The monoisotopic (exact) mass is 479 g/mol. The van der Waals surface area contributed by atoms with Crippen molar-refractivity contribution in [3.05, 3.63) is 71.2 Å². The normalized spacial score (nSPS) is 12.3. The highest BCUT2D eigenvalue weighted by Crippen LogP contribution is 2.31. The van der Waals surface area contributed by atoms with Crippen LogP contribution in [0.5, 0.6) is 0 Å². The highest BCUT2D eigenvalue weighted by molar-refractivity contribution is 5.97. The van der Waals surface area contributed by atoms with Crippen LogP contribution in [0.2, 0.25) is 0 Å². The van der Waals surface area contributed by atoms with Gasteiger partial charge in [0.1, 0.15) is 23.1 Å². The summed E-state index contributed by atoms with van der Waals surface area (Å²) in [7, 11) is 0. The highest BCUT2D eigenvalue weighted by atomic mass is 19.4. The third-order valence-electron chi connectivity index (χ3n) is 4.79. The number of pyridine rings is 1. The number of aromatic nitrogens is 3. The van der Waals surface area contributed by atoms with Gasteiger partial charge in [-0.1, -0.05) is 13.0 Å². The van der Waals surface area contributed by atoms with E-state index < -0.39 is 41.0 Å². The average molecular weight is 479 g/mol. The zero-order chi connectivity index (χ0) is 25.0. The van der Waals surface area contributed by atoms with E-state index in [1.165, 1.54) is 19.1 Å². The minimum Gasteiger partial charge on any atom is -0.369 e. The molecule has 12 heteroatoms. The van der Waals surface area contributed by atoms with Crippen LogP contribution in [0.1, 0.15) is 35.0 Å². The van der Waals surface area contributed by atoms with Crippen molar-refractivity contribution in [2.24, 2.45) is 11.7 Å². The van der Waals surface area contributed by atoms with Crippen LogP contribution in [0, 0.1) is 17.6 Å². The van der Waals surface area contributed by atoms with Gasteiger partial charge in [0, 0.05) is 54.5 Å². The van der Waals surface area contributed by atoms with Crippen LogP contribution in [0.4, 0.5) is 27.8 Å². The molecule has 1 atom stereocenters. The third-order valence-corrected chi connectivity index (χ3v) is 4.79. The summed E-state index contributed by atoms with van der Waals surface area (Å²) < 4.78 is 66.4. The molecule has 1 aromatic carbocycles.